The first kappa shape index (κ1) is 19.9. The van der Waals surface area contributed by atoms with Crippen LogP contribution in [0.3, 0.4) is 0 Å². The standard InChI is InChI=1S/C23H17ClFN7/c24-15-9-7-14(8-10-15)20-19-21(26)32(18-6-3-4-16(25)12-18)31-22(19)30-23(29-20)28-13-17-5-1-2-11-27-17/h1-12H,13,26H2,(H,28,30,31). The third-order valence-corrected chi connectivity index (χ3v) is 5.15. The average Bonchev–Trinajstić information content (AvgIpc) is 3.15. The van der Waals surface area contributed by atoms with Crippen LogP contribution < -0.4 is 11.1 Å². The summed E-state index contributed by atoms with van der Waals surface area (Å²) in [6.07, 6.45) is 1.72. The number of rotatable bonds is 5. The van der Waals surface area contributed by atoms with Gasteiger partial charge in [0.15, 0.2) is 5.65 Å². The smallest absolute Gasteiger partial charge is 0.225 e. The van der Waals surface area contributed by atoms with Crippen molar-refractivity contribution in [2.45, 2.75) is 6.54 Å². The van der Waals surface area contributed by atoms with Crippen molar-refractivity contribution in [3.63, 3.8) is 0 Å². The van der Waals surface area contributed by atoms with Crippen molar-refractivity contribution in [3.8, 4) is 16.9 Å². The average molecular weight is 446 g/mol. The summed E-state index contributed by atoms with van der Waals surface area (Å²) < 4.78 is 15.3. The lowest BCUT2D eigenvalue weighted by atomic mass is 10.1. The summed E-state index contributed by atoms with van der Waals surface area (Å²) in [5.41, 5.74) is 9.56. The number of nitrogens with zero attached hydrogens (tertiary/aromatic N) is 5. The molecule has 0 unspecified atom stereocenters. The van der Waals surface area contributed by atoms with E-state index in [1.54, 1.807) is 30.5 Å². The van der Waals surface area contributed by atoms with Crippen LogP contribution in [0.2, 0.25) is 5.02 Å². The van der Waals surface area contributed by atoms with E-state index in [2.05, 4.69) is 20.4 Å². The number of nitrogens with one attached hydrogen (secondary N) is 1. The lowest BCUT2D eigenvalue weighted by Crippen LogP contribution is -2.06. The van der Waals surface area contributed by atoms with Crippen LogP contribution in [0.1, 0.15) is 5.69 Å². The van der Waals surface area contributed by atoms with Crippen LogP contribution in [-0.4, -0.2) is 24.7 Å². The van der Waals surface area contributed by atoms with Gasteiger partial charge in [0, 0.05) is 16.8 Å². The molecule has 3 N–H and O–H groups in total. The van der Waals surface area contributed by atoms with Gasteiger partial charge in [-0.25, -0.2) is 14.1 Å². The van der Waals surface area contributed by atoms with E-state index < -0.39 is 0 Å². The maximum Gasteiger partial charge on any atom is 0.225 e. The van der Waals surface area contributed by atoms with Crippen LogP contribution in [0.4, 0.5) is 16.2 Å². The van der Waals surface area contributed by atoms with Gasteiger partial charge >= 0.3 is 0 Å². The van der Waals surface area contributed by atoms with Gasteiger partial charge in [-0.05, 0) is 42.5 Å². The van der Waals surface area contributed by atoms with Crippen LogP contribution >= 0.6 is 11.6 Å². The molecule has 7 nitrogen and oxygen atoms in total. The van der Waals surface area contributed by atoms with Gasteiger partial charge < -0.3 is 11.1 Å². The van der Waals surface area contributed by atoms with Crippen LogP contribution in [0.15, 0.2) is 72.9 Å². The van der Waals surface area contributed by atoms with Gasteiger partial charge in [0.25, 0.3) is 0 Å². The molecule has 2 aromatic carbocycles. The van der Waals surface area contributed by atoms with E-state index in [0.29, 0.717) is 45.7 Å². The molecule has 158 valence electrons. The van der Waals surface area contributed by atoms with Gasteiger partial charge in [-0.2, -0.15) is 4.98 Å². The van der Waals surface area contributed by atoms with E-state index >= 15 is 0 Å². The summed E-state index contributed by atoms with van der Waals surface area (Å²) in [6, 6.07) is 19.0. The van der Waals surface area contributed by atoms with E-state index in [1.807, 2.05) is 30.3 Å². The van der Waals surface area contributed by atoms with E-state index in [4.69, 9.17) is 22.3 Å². The van der Waals surface area contributed by atoms with Gasteiger partial charge in [-0.15, -0.1) is 5.10 Å². The fourth-order valence-corrected chi connectivity index (χ4v) is 3.51. The maximum absolute atomic E-state index is 13.8. The number of benzene rings is 2. The molecule has 5 aromatic rings. The lowest BCUT2D eigenvalue weighted by Gasteiger charge is -2.08. The number of hydrogen-bond donors (Lipinski definition) is 2. The van der Waals surface area contributed by atoms with E-state index in [-0.39, 0.29) is 5.82 Å². The second kappa shape index (κ2) is 8.24. The van der Waals surface area contributed by atoms with Crippen LogP contribution in [0.25, 0.3) is 28.0 Å². The largest absolute Gasteiger partial charge is 0.383 e. The van der Waals surface area contributed by atoms with Crippen molar-refractivity contribution < 1.29 is 4.39 Å². The molecular weight excluding hydrogens is 429 g/mol. The minimum Gasteiger partial charge on any atom is -0.383 e. The first-order valence-electron chi connectivity index (χ1n) is 9.80. The van der Waals surface area contributed by atoms with Gasteiger partial charge in [0.05, 0.1) is 29.0 Å². The Labute approximate surface area is 187 Å². The highest BCUT2D eigenvalue weighted by molar-refractivity contribution is 6.30. The lowest BCUT2D eigenvalue weighted by molar-refractivity contribution is 0.625. The zero-order valence-electron chi connectivity index (χ0n) is 16.7. The minimum absolute atomic E-state index is 0.312. The molecule has 0 spiro atoms. The van der Waals surface area contributed by atoms with Gasteiger partial charge in [-0.1, -0.05) is 35.9 Å². The molecule has 0 atom stereocenters. The second-order valence-electron chi connectivity index (χ2n) is 7.05. The minimum atomic E-state index is -0.386. The van der Waals surface area contributed by atoms with E-state index in [9.17, 15) is 4.39 Å². The predicted octanol–water partition coefficient (Wildman–Crippen LogP) is 4.86. The molecule has 0 fully saturated rings. The van der Waals surface area contributed by atoms with E-state index in [1.165, 1.54) is 16.8 Å². The first-order valence-corrected chi connectivity index (χ1v) is 10.2. The monoisotopic (exact) mass is 445 g/mol. The number of nitrogens with two attached hydrogens (primary N) is 1. The summed E-state index contributed by atoms with van der Waals surface area (Å²) in [5, 5.41) is 8.90. The number of pyridine rings is 1. The zero-order valence-corrected chi connectivity index (χ0v) is 17.5. The molecule has 3 aromatic heterocycles. The molecule has 0 aliphatic carbocycles. The quantitative estimate of drug-likeness (QED) is 0.401. The zero-order chi connectivity index (χ0) is 22.1. The highest BCUT2D eigenvalue weighted by Gasteiger charge is 2.19. The SMILES string of the molecule is Nc1c2c(-c3ccc(Cl)cc3)nc(NCc3ccccn3)nc2nn1-c1cccc(F)c1. The van der Waals surface area contributed by atoms with Crippen LogP contribution in [0, 0.1) is 5.82 Å². The molecule has 3 heterocycles. The number of hydrogen-bond acceptors (Lipinski definition) is 6. The molecular formula is C23H17ClFN7. The van der Waals surface area contributed by atoms with Crippen LogP contribution in [-0.2, 0) is 6.54 Å². The summed E-state index contributed by atoms with van der Waals surface area (Å²) in [5.74, 6) is 0.298. The van der Waals surface area contributed by atoms with Gasteiger partial charge in [0.2, 0.25) is 5.95 Å². The topological polar surface area (TPSA) is 94.5 Å². The molecule has 0 bridgehead atoms. The van der Waals surface area contributed by atoms with Crippen molar-refractivity contribution in [3.05, 3.63) is 89.5 Å². The third kappa shape index (κ3) is 3.83. The van der Waals surface area contributed by atoms with E-state index in [0.717, 1.165) is 11.3 Å². The Morgan fingerprint density at radius 1 is 1.00 bits per heavy atom. The highest BCUT2D eigenvalue weighted by atomic mass is 35.5. The summed E-state index contributed by atoms with van der Waals surface area (Å²) in [4.78, 5) is 13.5. The first-order chi connectivity index (χ1) is 15.6. The summed E-state index contributed by atoms with van der Waals surface area (Å²) >= 11 is 6.07. The van der Waals surface area contributed by atoms with Crippen LogP contribution in [0.5, 0.6) is 0 Å². The molecule has 0 aliphatic rings. The maximum atomic E-state index is 13.8. The molecule has 0 saturated heterocycles. The van der Waals surface area contributed by atoms with Gasteiger partial charge in [-0.3, -0.25) is 4.98 Å². The molecule has 0 saturated carbocycles. The Bertz CT molecular complexity index is 1400. The molecule has 32 heavy (non-hydrogen) atoms. The molecule has 0 aliphatic heterocycles. The Kier molecular flexibility index (Phi) is 5.12. The third-order valence-electron chi connectivity index (χ3n) is 4.89. The Hall–Kier alpha value is -4.04. The Balaban J connectivity index is 1.65. The molecule has 0 amide bonds. The van der Waals surface area contributed by atoms with Crippen molar-refractivity contribution in [2.24, 2.45) is 0 Å². The number of halogens is 2. The Morgan fingerprint density at radius 2 is 1.84 bits per heavy atom. The van der Waals surface area contributed by atoms with Crippen molar-refractivity contribution in [1.29, 1.82) is 0 Å². The Morgan fingerprint density at radius 3 is 2.59 bits per heavy atom. The number of fused-ring (bicyclic) bond motifs is 1. The summed E-state index contributed by atoms with van der Waals surface area (Å²) in [7, 11) is 0. The molecule has 9 heteroatoms. The van der Waals surface area contributed by atoms with Crippen molar-refractivity contribution in [1.82, 2.24) is 24.7 Å². The highest BCUT2D eigenvalue weighted by Crippen LogP contribution is 2.33. The van der Waals surface area contributed by atoms with Crippen molar-refractivity contribution in [2.75, 3.05) is 11.1 Å². The fraction of sp³-hybridized carbons (Fsp3) is 0.0435. The fourth-order valence-electron chi connectivity index (χ4n) is 3.38. The normalized spacial score (nSPS) is 11.1. The van der Waals surface area contributed by atoms with Crippen molar-refractivity contribution >= 4 is 34.4 Å². The van der Waals surface area contributed by atoms with Gasteiger partial charge in [0.1, 0.15) is 11.6 Å². The molecule has 5 rings (SSSR count). The second-order valence-corrected chi connectivity index (χ2v) is 7.49. The number of anilines is 2. The summed E-state index contributed by atoms with van der Waals surface area (Å²) in [6.45, 7) is 0.437. The number of nitrogen functional groups attached to an aromatic ring is 1. The number of aromatic nitrogens is 5. The predicted molar refractivity (Wildman–Crippen MR) is 123 cm³/mol. The molecule has 0 radical (unpaired) electrons.